The Hall–Kier alpha value is -2.37. The first-order valence-electron chi connectivity index (χ1n) is 6.71. The molecule has 0 bridgehead atoms. The number of thiophene rings is 1. The molecule has 106 valence electrons. The molecule has 0 radical (unpaired) electrons. The lowest BCUT2D eigenvalue weighted by Crippen LogP contribution is -2.05. The molecule has 22 heavy (non-hydrogen) atoms. The Morgan fingerprint density at radius 3 is 2.77 bits per heavy atom. The average molecular weight is 322 g/mol. The highest BCUT2D eigenvalue weighted by molar-refractivity contribution is 7.21. The van der Waals surface area contributed by atoms with E-state index in [0.717, 1.165) is 25.8 Å². The Morgan fingerprint density at radius 2 is 1.91 bits per heavy atom. The van der Waals surface area contributed by atoms with E-state index in [9.17, 15) is 4.79 Å². The van der Waals surface area contributed by atoms with Gasteiger partial charge in [-0.25, -0.2) is 0 Å². The first kappa shape index (κ1) is 13.3. The summed E-state index contributed by atoms with van der Waals surface area (Å²) in [7, 11) is 0. The van der Waals surface area contributed by atoms with E-state index in [1.807, 2.05) is 53.9 Å². The largest absolute Gasteiger partial charge is 0.279 e. The maximum Gasteiger partial charge on any atom is 0.279 e. The summed E-state index contributed by atoms with van der Waals surface area (Å²) in [5.74, 6) is 0. The molecular formula is C17H10N2OS2. The van der Waals surface area contributed by atoms with Crippen LogP contribution in [0.15, 0.2) is 64.9 Å². The summed E-state index contributed by atoms with van der Waals surface area (Å²) in [4.78, 5) is 21.9. The molecule has 3 heterocycles. The van der Waals surface area contributed by atoms with E-state index in [0.29, 0.717) is 5.39 Å². The summed E-state index contributed by atoms with van der Waals surface area (Å²) in [5.41, 5.74) is 1.65. The van der Waals surface area contributed by atoms with Crippen LogP contribution >= 0.6 is 22.7 Å². The molecule has 0 saturated heterocycles. The summed E-state index contributed by atoms with van der Waals surface area (Å²) in [5, 5.41) is 3.42. The van der Waals surface area contributed by atoms with Gasteiger partial charge in [0.1, 0.15) is 5.01 Å². The van der Waals surface area contributed by atoms with E-state index in [1.54, 1.807) is 17.5 Å². The van der Waals surface area contributed by atoms with Crippen LogP contribution in [-0.2, 0) is 0 Å². The predicted molar refractivity (Wildman–Crippen MR) is 92.4 cm³/mol. The number of benzene rings is 1. The molecule has 3 aromatic heterocycles. The Morgan fingerprint density at radius 1 is 1.00 bits per heavy atom. The number of aromatic nitrogens is 2. The lowest BCUT2D eigenvalue weighted by atomic mass is 10.2. The Kier molecular flexibility index (Phi) is 3.29. The van der Waals surface area contributed by atoms with Gasteiger partial charge >= 0.3 is 0 Å². The summed E-state index contributed by atoms with van der Waals surface area (Å²) in [6, 6.07) is 15.5. The van der Waals surface area contributed by atoms with Crippen molar-refractivity contribution in [2.75, 3.05) is 0 Å². The molecule has 1 aromatic carbocycles. The molecule has 4 aromatic rings. The smallest absolute Gasteiger partial charge is 0.267 e. The lowest BCUT2D eigenvalue weighted by molar-refractivity contribution is 1.29. The monoisotopic (exact) mass is 322 g/mol. The van der Waals surface area contributed by atoms with Gasteiger partial charge in [0, 0.05) is 16.5 Å². The van der Waals surface area contributed by atoms with Gasteiger partial charge in [0.05, 0.1) is 16.0 Å². The van der Waals surface area contributed by atoms with Crippen molar-refractivity contribution in [1.82, 2.24) is 9.97 Å². The number of nitrogens with zero attached hydrogens (tertiary/aromatic N) is 2. The van der Waals surface area contributed by atoms with E-state index in [2.05, 4.69) is 9.97 Å². The summed E-state index contributed by atoms with van der Waals surface area (Å²) in [6.45, 7) is 0. The van der Waals surface area contributed by atoms with Crippen LogP contribution in [0, 0.1) is 0 Å². The number of rotatable bonds is 2. The fourth-order valence-corrected chi connectivity index (χ4v) is 3.94. The highest BCUT2D eigenvalue weighted by atomic mass is 32.1. The molecule has 0 unspecified atom stereocenters. The van der Waals surface area contributed by atoms with Crippen molar-refractivity contribution in [2.45, 2.75) is 0 Å². The van der Waals surface area contributed by atoms with Gasteiger partial charge in [-0.2, -0.15) is 4.98 Å². The molecule has 0 aliphatic rings. The fraction of sp³-hybridized carbons (Fsp3) is 0. The quantitative estimate of drug-likeness (QED) is 0.548. The Bertz CT molecular complexity index is 1010. The minimum Gasteiger partial charge on any atom is -0.267 e. The van der Waals surface area contributed by atoms with Crippen LogP contribution in [0.2, 0.25) is 0 Å². The van der Waals surface area contributed by atoms with Crippen LogP contribution in [0.4, 0.5) is 0 Å². The zero-order chi connectivity index (χ0) is 14.9. The van der Waals surface area contributed by atoms with Gasteiger partial charge in [0.2, 0.25) is 0 Å². The topological polar surface area (TPSA) is 42.9 Å². The first-order chi connectivity index (χ1) is 10.8. The molecule has 0 saturated carbocycles. The van der Waals surface area contributed by atoms with E-state index in [-0.39, 0.29) is 5.56 Å². The van der Waals surface area contributed by atoms with Gasteiger partial charge in [0.25, 0.3) is 5.56 Å². The number of hydrogen-bond donors (Lipinski definition) is 0. The van der Waals surface area contributed by atoms with Crippen molar-refractivity contribution in [1.29, 1.82) is 0 Å². The standard InChI is InChI=1S/C17H10N2OS2/c20-16-12-4-1-2-5-14(12)22-17(19-16)11-7-8-18-13(10-11)15-6-3-9-21-15/h1-10H. The third-order valence-corrected chi connectivity index (χ3v) is 5.30. The molecule has 0 aliphatic heterocycles. The summed E-state index contributed by atoms with van der Waals surface area (Å²) < 4.78 is 0.951. The lowest BCUT2D eigenvalue weighted by Gasteiger charge is -2.03. The Balaban J connectivity index is 1.89. The van der Waals surface area contributed by atoms with Crippen LogP contribution in [0.5, 0.6) is 0 Å². The molecule has 3 nitrogen and oxygen atoms in total. The van der Waals surface area contributed by atoms with Gasteiger partial charge in [-0.05, 0) is 35.7 Å². The molecule has 0 aliphatic carbocycles. The van der Waals surface area contributed by atoms with Crippen LogP contribution in [-0.4, -0.2) is 9.97 Å². The van der Waals surface area contributed by atoms with Crippen molar-refractivity contribution >= 4 is 32.8 Å². The normalized spacial score (nSPS) is 10.9. The average Bonchev–Trinajstić information content (AvgIpc) is 3.09. The molecule has 5 heteroatoms. The molecule has 4 rings (SSSR count). The van der Waals surface area contributed by atoms with Crippen LogP contribution in [0.3, 0.4) is 0 Å². The minimum atomic E-state index is -0.182. The molecule has 0 amide bonds. The molecule has 0 N–H and O–H groups in total. The number of fused-ring (bicyclic) bond motifs is 1. The van der Waals surface area contributed by atoms with Crippen molar-refractivity contribution < 1.29 is 0 Å². The second-order valence-electron chi connectivity index (χ2n) is 4.73. The SMILES string of the molecule is O=c1nc(-c2ccnc(-c3cccs3)c2)sc2ccccc12. The second kappa shape index (κ2) is 5.44. The van der Waals surface area contributed by atoms with Crippen molar-refractivity contribution in [2.24, 2.45) is 0 Å². The van der Waals surface area contributed by atoms with Gasteiger partial charge < -0.3 is 0 Å². The summed E-state index contributed by atoms with van der Waals surface area (Å²) in [6.07, 6.45) is 1.76. The molecular weight excluding hydrogens is 312 g/mol. The zero-order valence-electron chi connectivity index (χ0n) is 11.4. The van der Waals surface area contributed by atoms with Crippen LogP contribution < -0.4 is 5.56 Å². The predicted octanol–water partition coefficient (Wildman–Crippen LogP) is 4.45. The Labute approximate surface area is 134 Å². The van der Waals surface area contributed by atoms with Crippen LogP contribution in [0.25, 0.3) is 31.2 Å². The van der Waals surface area contributed by atoms with Gasteiger partial charge in [-0.1, -0.05) is 18.2 Å². The van der Waals surface area contributed by atoms with E-state index in [1.165, 1.54) is 11.3 Å². The van der Waals surface area contributed by atoms with E-state index in [4.69, 9.17) is 0 Å². The van der Waals surface area contributed by atoms with E-state index < -0.39 is 0 Å². The second-order valence-corrected chi connectivity index (χ2v) is 6.71. The third-order valence-electron chi connectivity index (χ3n) is 3.31. The molecule has 0 spiro atoms. The van der Waals surface area contributed by atoms with Crippen molar-refractivity contribution in [3.05, 3.63) is 70.5 Å². The summed E-state index contributed by atoms with van der Waals surface area (Å²) >= 11 is 3.17. The maximum absolute atomic E-state index is 12.2. The highest BCUT2D eigenvalue weighted by Crippen LogP contribution is 2.29. The van der Waals surface area contributed by atoms with Crippen LogP contribution in [0.1, 0.15) is 0 Å². The van der Waals surface area contributed by atoms with E-state index >= 15 is 0 Å². The van der Waals surface area contributed by atoms with Gasteiger partial charge in [-0.3, -0.25) is 9.78 Å². The molecule has 0 fully saturated rings. The zero-order valence-corrected chi connectivity index (χ0v) is 13.0. The minimum absolute atomic E-state index is 0.182. The fourth-order valence-electron chi connectivity index (χ4n) is 2.26. The van der Waals surface area contributed by atoms with Crippen molar-refractivity contribution in [3.63, 3.8) is 0 Å². The number of pyridine rings is 1. The van der Waals surface area contributed by atoms with Crippen molar-refractivity contribution in [3.8, 4) is 21.1 Å². The molecule has 0 atom stereocenters. The maximum atomic E-state index is 12.2. The third kappa shape index (κ3) is 2.34. The first-order valence-corrected chi connectivity index (χ1v) is 8.41. The van der Waals surface area contributed by atoms with Gasteiger partial charge in [-0.15, -0.1) is 22.7 Å². The number of hydrogen-bond acceptors (Lipinski definition) is 5. The van der Waals surface area contributed by atoms with Gasteiger partial charge in [0.15, 0.2) is 0 Å². The highest BCUT2D eigenvalue weighted by Gasteiger charge is 2.08.